The Balaban J connectivity index is 1.47. The number of hydrogen-bond acceptors (Lipinski definition) is 5. The monoisotopic (exact) mass is 409 g/mol. The fourth-order valence-electron chi connectivity index (χ4n) is 3.41. The fourth-order valence-corrected chi connectivity index (χ4v) is 3.41. The number of hydrogen-bond donors (Lipinski definition) is 2. The van der Waals surface area contributed by atoms with Crippen molar-refractivity contribution in [2.45, 2.75) is 19.8 Å². The molecule has 30 heavy (non-hydrogen) atoms. The highest BCUT2D eigenvalue weighted by molar-refractivity contribution is 5.85. The van der Waals surface area contributed by atoms with Crippen molar-refractivity contribution in [3.8, 4) is 11.5 Å². The Morgan fingerprint density at radius 1 is 1.10 bits per heavy atom. The maximum absolute atomic E-state index is 12.3. The smallest absolute Gasteiger partial charge is 0.276 e. The lowest BCUT2D eigenvalue weighted by Crippen LogP contribution is -2.48. The molecule has 1 heterocycles. The van der Waals surface area contributed by atoms with E-state index < -0.39 is 5.91 Å². The molecule has 0 unspecified atom stereocenters. The number of benzene rings is 2. The molecule has 0 aliphatic carbocycles. The van der Waals surface area contributed by atoms with Gasteiger partial charge in [-0.15, -0.1) is 0 Å². The second kappa shape index (κ2) is 10.3. The zero-order chi connectivity index (χ0) is 21.3. The van der Waals surface area contributed by atoms with Crippen LogP contribution < -0.4 is 25.2 Å². The number of anilines is 1. The third-order valence-corrected chi connectivity index (χ3v) is 4.79. The van der Waals surface area contributed by atoms with Gasteiger partial charge in [0.1, 0.15) is 0 Å². The molecule has 158 valence electrons. The molecule has 7 nitrogen and oxygen atoms in total. The lowest BCUT2D eigenvalue weighted by atomic mass is 10.0. The van der Waals surface area contributed by atoms with E-state index in [1.807, 2.05) is 54.3 Å². The van der Waals surface area contributed by atoms with Gasteiger partial charge in [-0.3, -0.25) is 20.4 Å². The van der Waals surface area contributed by atoms with Gasteiger partial charge >= 0.3 is 0 Å². The zero-order valence-corrected chi connectivity index (χ0v) is 17.3. The Labute approximate surface area is 176 Å². The van der Waals surface area contributed by atoms with E-state index in [2.05, 4.69) is 16.9 Å². The second-order valence-electron chi connectivity index (χ2n) is 6.95. The first-order valence-corrected chi connectivity index (χ1v) is 9.94. The Hall–Kier alpha value is -3.48. The molecule has 1 aliphatic rings. The van der Waals surface area contributed by atoms with E-state index in [-0.39, 0.29) is 19.1 Å². The highest BCUT2D eigenvalue weighted by Gasteiger charge is 2.19. The molecule has 0 aromatic heterocycles. The predicted octanol–water partition coefficient (Wildman–Crippen LogP) is 2.71. The van der Waals surface area contributed by atoms with Gasteiger partial charge in [-0.05, 0) is 49.1 Å². The number of aryl methyl sites for hydroxylation is 1. The van der Waals surface area contributed by atoms with E-state index in [0.29, 0.717) is 11.5 Å². The first kappa shape index (κ1) is 21.2. The molecule has 0 radical (unpaired) electrons. The fraction of sp³-hybridized carbons (Fsp3) is 0.304. The van der Waals surface area contributed by atoms with Crippen LogP contribution in [0.1, 0.15) is 24.5 Å². The summed E-state index contributed by atoms with van der Waals surface area (Å²) in [5, 5.41) is 0. The SMILES string of the molecule is C/C=C/c1ccc(OCC(=O)NNC(=O)CN2CCCc3ccccc32)c(OC)c1. The van der Waals surface area contributed by atoms with Crippen LogP contribution in [0.4, 0.5) is 5.69 Å². The van der Waals surface area contributed by atoms with Crippen molar-refractivity contribution in [2.75, 3.05) is 31.7 Å². The molecule has 0 bridgehead atoms. The molecule has 0 saturated carbocycles. The number of fused-ring (bicyclic) bond motifs is 1. The molecule has 3 rings (SSSR count). The second-order valence-corrected chi connectivity index (χ2v) is 6.95. The minimum Gasteiger partial charge on any atom is -0.493 e. The maximum Gasteiger partial charge on any atom is 0.276 e. The number of carbonyl (C=O) groups is 2. The molecule has 2 aromatic carbocycles. The molecule has 2 aromatic rings. The lowest BCUT2D eigenvalue weighted by Gasteiger charge is -2.30. The third-order valence-electron chi connectivity index (χ3n) is 4.79. The average molecular weight is 409 g/mol. The summed E-state index contributed by atoms with van der Waals surface area (Å²) in [6.07, 6.45) is 5.88. The standard InChI is InChI=1S/C23H27N3O4/c1-3-7-17-11-12-20(21(14-17)29-2)30-16-23(28)25-24-22(27)15-26-13-6-9-18-8-4-5-10-19(18)26/h3-5,7-8,10-12,14H,6,9,13,15-16H2,1-2H3,(H,24,27)(H,25,28)/b7-3+. The van der Waals surface area contributed by atoms with Gasteiger partial charge in [0.15, 0.2) is 18.1 Å². The summed E-state index contributed by atoms with van der Waals surface area (Å²) in [6, 6.07) is 13.5. The maximum atomic E-state index is 12.3. The van der Waals surface area contributed by atoms with Crippen molar-refractivity contribution in [2.24, 2.45) is 0 Å². The quantitative estimate of drug-likeness (QED) is 0.688. The summed E-state index contributed by atoms with van der Waals surface area (Å²) < 4.78 is 10.8. The van der Waals surface area contributed by atoms with Crippen LogP contribution in [0.2, 0.25) is 0 Å². The average Bonchev–Trinajstić information content (AvgIpc) is 2.77. The molecule has 2 amide bonds. The Kier molecular flexibility index (Phi) is 7.32. The first-order chi connectivity index (χ1) is 14.6. The van der Waals surface area contributed by atoms with Gasteiger partial charge < -0.3 is 14.4 Å². The van der Waals surface area contributed by atoms with Gasteiger partial charge in [0.05, 0.1) is 13.7 Å². The number of nitrogens with zero attached hydrogens (tertiary/aromatic N) is 1. The van der Waals surface area contributed by atoms with E-state index in [1.165, 1.54) is 5.56 Å². The molecular weight excluding hydrogens is 382 g/mol. The topological polar surface area (TPSA) is 79.9 Å². The number of ether oxygens (including phenoxy) is 2. The van der Waals surface area contributed by atoms with Crippen LogP contribution in [0.15, 0.2) is 48.5 Å². The number of carbonyl (C=O) groups excluding carboxylic acids is 2. The van der Waals surface area contributed by atoms with E-state index in [1.54, 1.807) is 13.2 Å². The number of allylic oxidation sites excluding steroid dienone is 1. The highest BCUT2D eigenvalue weighted by atomic mass is 16.5. The van der Waals surface area contributed by atoms with Crippen LogP contribution in [-0.4, -0.2) is 38.6 Å². The van der Waals surface area contributed by atoms with Crippen molar-refractivity contribution < 1.29 is 19.1 Å². The molecule has 0 spiro atoms. The van der Waals surface area contributed by atoms with E-state index >= 15 is 0 Å². The number of hydrazine groups is 1. The molecule has 1 aliphatic heterocycles. The minimum absolute atomic E-state index is 0.179. The third kappa shape index (κ3) is 5.53. The minimum atomic E-state index is -0.457. The van der Waals surface area contributed by atoms with Gasteiger partial charge in [0, 0.05) is 12.2 Å². The summed E-state index contributed by atoms with van der Waals surface area (Å²) in [5.41, 5.74) is 8.12. The zero-order valence-electron chi connectivity index (χ0n) is 17.3. The van der Waals surface area contributed by atoms with Crippen LogP contribution >= 0.6 is 0 Å². The molecule has 2 N–H and O–H groups in total. The van der Waals surface area contributed by atoms with E-state index in [9.17, 15) is 9.59 Å². The van der Waals surface area contributed by atoms with E-state index in [4.69, 9.17) is 9.47 Å². The Bertz CT molecular complexity index is 926. The summed E-state index contributed by atoms with van der Waals surface area (Å²) >= 11 is 0. The lowest BCUT2D eigenvalue weighted by molar-refractivity contribution is -0.129. The van der Waals surface area contributed by atoms with Crippen LogP contribution in [0.25, 0.3) is 6.08 Å². The molecule has 0 atom stereocenters. The number of methoxy groups -OCH3 is 1. The van der Waals surface area contributed by atoms with Crippen molar-refractivity contribution in [1.29, 1.82) is 0 Å². The van der Waals surface area contributed by atoms with Gasteiger partial charge in [0.25, 0.3) is 11.8 Å². The first-order valence-electron chi connectivity index (χ1n) is 9.94. The molecule has 7 heteroatoms. The van der Waals surface area contributed by atoms with E-state index in [0.717, 1.165) is 30.6 Å². The predicted molar refractivity (Wildman–Crippen MR) is 116 cm³/mol. The Morgan fingerprint density at radius 2 is 1.90 bits per heavy atom. The van der Waals surface area contributed by atoms with Crippen molar-refractivity contribution in [3.63, 3.8) is 0 Å². The van der Waals surface area contributed by atoms with Crippen LogP contribution in [0, 0.1) is 0 Å². The van der Waals surface area contributed by atoms with Gasteiger partial charge in [-0.25, -0.2) is 0 Å². The summed E-state index contributed by atoms with van der Waals surface area (Å²) in [6.45, 7) is 2.68. The Morgan fingerprint density at radius 3 is 2.70 bits per heavy atom. The van der Waals surface area contributed by atoms with Crippen molar-refractivity contribution in [1.82, 2.24) is 10.9 Å². The largest absolute Gasteiger partial charge is 0.493 e. The molecule has 0 saturated heterocycles. The number of para-hydroxylation sites is 1. The number of nitrogens with one attached hydrogen (secondary N) is 2. The van der Waals surface area contributed by atoms with Gasteiger partial charge in [-0.2, -0.15) is 0 Å². The summed E-state index contributed by atoms with van der Waals surface area (Å²) in [7, 11) is 1.54. The van der Waals surface area contributed by atoms with Gasteiger partial charge in [0.2, 0.25) is 0 Å². The highest BCUT2D eigenvalue weighted by Crippen LogP contribution is 2.28. The van der Waals surface area contributed by atoms with Crippen molar-refractivity contribution >= 4 is 23.6 Å². The summed E-state index contributed by atoms with van der Waals surface area (Å²) in [5.74, 6) is 0.249. The van der Waals surface area contributed by atoms with Crippen LogP contribution in [0.3, 0.4) is 0 Å². The molecule has 0 fully saturated rings. The number of rotatable bonds is 7. The number of amides is 2. The summed E-state index contributed by atoms with van der Waals surface area (Å²) in [4.78, 5) is 26.4. The van der Waals surface area contributed by atoms with Gasteiger partial charge in [-0.1, -0.05) is 36.4 Å². The normalized spacial score (nSPS) is 12.9. The molecular formula is C23H27N3O4. The van der Waals surface area contributed by atoms with Crippen molar-refractivity contribution in [3.05, 3.63) is 59.7 Å². The van der Waals surface area contributed by atoms with Crippen LogP contribution in [0.5, 0.6) is 11.5 Å². The van der Waals surface area contributed by atoms with Crippen LogP contribution in [-0.2, 0) is 16.0 Å².